The number of methoxy groups -OCH3 is 1. The van der Waals surface area contributed by atoms with Gasteiger partial charge in [-0.05, 0) is 24.6 Å². The number of hydrogen-bond acceptors (Lipinski definition) is 3. The van der Waals surface area contributed by atoms with Crippen molar-refractivity contribution in [2.75, 3.05) is 33.3 Å². The van der Waals surface area contributed by atoms with Gasteiger partial charge in [-0.25, -0.2) is 4.39 Å². The second kappa shape index (κ2) is 7.94. The van der Waals surface area contributed by atoms with E-state index in [-0.39, 0.29) is 17.4 Å². The molecular formula is C17H23FN2O3. The van der Waals surface area contributed by atoms with Crippen molar-refractivity contribution >= 4 is 11.8 Å². The monoisotopic (exact) mass is 322 g/mol. The van der Waals surface area contributed by atoms with Crippen LogP contribution in [0, 0.1) is 5.82 Å². The van der Waals surface area contributed by atoms with Crippen LogP contribution in [0.5, 0.6) is 5.75 Å². The number of ether oxygens (including phenoxy) is 1. The molecule has 0 spiro atoms. The van der Waals surface area contributed by atoms with Gasteiger partial charge in [-0.15, -0.1) is 0 Å². The van der Waals surface area contributed by atoms with Crippen molar-refractivity contribution in [3.8, 4) is 5.75 Å². The number of hydrogen-bond donors (Lipinski definition) is 0. The van der Waals surface area contributed by atoms with Crippen molar-refractivity contribution < 1.29 is 18.7 Å². The predicted octanol–water partition coefficient (Wildman–Crippen LogP) is 2.31. The maximum Gasteiger partial charge on any atom is 0.257 e. The number of unbranched alkanes of at least 4 members (excludes halogenated alkanes) is 1. The van der Waals surface area contributed by atoms with E-state index < -0.39 is 5.82 Å². The number of nitrogens with zero attached hydrogens (tertiary/aromatic N) is 2. The van der Waals surface area contributed by atoms with Crippen LogP contribution in [0.2, 0.25) is 0 Å². The lowest BCUT2D eigenvalue weighted by atomic mass is 10.1. The Kier molecular flexibility index (Phi) is 5.96. The molecule has 1 saturated heterocycles. The minimum absolute atomic E-state index is 0.141. The van der Waals surface area contributed by atoms with Crippen molar-refractivity contribution in [2.24, 2.45) is 0 Å². The molecule has 1 aliphatic rings. The smallest absolute Gasteiger partial charge is 0.257 e. The van der Waals surface area contributed by atoms with Crippen LogP contribution < -0.4 is 4.74 Å². The number of rotatable bonds is 5. The first-order chi connectivity index (χ1) is 11.1. The van der Waals surface area contributed by atoms with Gasteiger partial charge < -0.3 is 14.5 Å². The van der Waals surface area contributed by atoms with Crippen LogP contribution in [0.1, 0.15) is 36.5 Å². The number of piperazine rings is 1. The number of amides is 2. The summed E-state index contributed by atoms with van der Waals surface area (Å²) in [5.41, 5.74) is 0.221. The highest BCUT2D eigenvalue weighted by molar-refractivity contribution is 5.97. The summed E-state index contributed by atoms with van der Waals surface area (Å²) in [6.45, 7) is 4.00. The average Bonchev–Trinajstić information content (AvgIpc) is 2.59. The highest BCUT2D eigenvalue weighted by atomic mass is 19.1. The molecule has 0 N–H and O–H groups in total. The molecule has 5 nitrogen and oxygen atoms in total. The third-order valence-electron chi connectivity index (χ3n) is 4.06. The van der Waals surface area contributed by atoms with Gasteiger partial charge >= 0.3 is 0 Å². The van der Waals surface area contributed by atoms with E-state index in [0.717, 1.165) is 12.8 Å². The van der Waals surface area contributed by atoms with E-state index in [9.17, 15) is 14.0 Å². The van der Waals surface area contributed by atoms with Crippen LogP contribution in [0.3, 0.4) is 0 Å². The normalized spacial score (nSPS) is 14.7. The summed E-state index contributed by atoms with van der Waals surface area (Å²) in [6, 6.07) is 3.91. The summed E-state index contributed by atoms with van der Waals surface area (Å²) in [4.78, 5) is 28.0. The fourth-order valence-corrected chi connectivity index (χ4v) is 2.66. The molecule has 1 aromatic rings. The second-order valence-corrected chi connectivity index (χ2v) is 5.62. The van der Waals surface area contributed by atoms with E-state index in [0.29, 0.717) is 38.3 Å². The number of benzene rings is 1. The third kappa shape index (κ3) is 4.21. The molecule has 126 valence electrons. The Morgan fingerprint density at radius 1 is 1.17 bits per heavy atom. The Hall–Kier alpha value is -2.11. The fraction of sp³-hybridized carbons (Fsp3) is 0.529. The highest BCUT2D eigenvalue weighted by Gasteiger charge is 2.26. The maximum absolute atomic E-state index is 13.4. The van der Waals surface area contributed by atoms with E-state index in [2.05, 4.69) is 6.92 Å². The van der Waals surface area contributed by atoms with Crippen molar-refractivity contribution in [2.45, 2.75) is 26.2 Å². The minimum Gasteiger partial charge on any atom is -0.496 e. The van der Waals surface area contributed by atoms with Crippen LogP contribution in [-0.2, 0) is 4.79 Å². The summed E-state index contributed by atoms with van der Waals surface area (Å²) < 4.78 is 18.6. The lowest BCUT2D eigenvalue weighted by molar-refractivity contribution is -0.132. The molecule has 1 heterocycles. The van der Waals surface area contributed by atoms with Gasteiger partial charge in [-0.2, -0.15) is 0 Å². The summed E-state index contributed by atoms with van der Waals surface area (Å²) in [6.07, 6.45) is 2.43. The lowest BCUT2D eigenvalue weighted by Gasteiger charge is -2.35. The van der Waals surface area contributed by atoms with Gasteiger partial charge in [0, 0.05) is 32.6 Å². The van der Waals surface area contributed by atoms with Gasteiger partial charge in [0.1, 0.15) is 11.6 Å². The zero-order valence-corrected chi connectivity index (χ0v) is 13.7. The number of halogens is 1. The summed E-state index contributed by atoms with van der Waals surface area (Å²) in [5.74, 6) is -0.232. The third-order valence-corrected chi connectivity index (χ3v) is 4.06. The summed E-state index contributed by atoms with van der Waals surface area (Å²) in [7, 11) is 1.45. The van der Waals surface area contributed by atoms with Crippen LogP contribution in [0.4, 0.5) is 4.39 Å². The minimum atomic E-state index is -0.470. The first-order valence-corrected chi connectivity index (χ1v) is 7.97. The molecule has 0 radical (unpaired) electrons. The van der Waals surface area contributed by atoms with Crippen LogP contribution >= 0.6 is 0 Å². The standard InChI is InChI=1S/C17H23FN2O3/c1-3-4-5-16(21)19-8-10-20(11-9-19)17(22)14-12-13(18)6-7-15(14)23-2/h6-7,12H,3-5,8-11H2,1-2H3. The molecule has 1 aromatic carbocycles. The molecule has 6 heteroatoms. The Morgan fingerprint density at radius 2 is 1.83 bits per heavy atom. The molecule has 23 heavy (non-hydrogen) atoms. The van der Waals surface area contributed by atoms with Crippen molar-refractivity contribution in [3.05, 3.63) is 29.6 Å². The average molecular weight is 322 g/mol. The quantitative estimate of drug-likeness (QED) is 0.836. The van der Waals surface area contributed by atoms with Gasteiger partial charge in [0.25, 0.3) is 5.91 Å². The highest BCUT2D eigenvalue weighted by Crippen LogP contribution is 2.22. The topological polar surface area (TPSA) is 49.9 Å². The number of carbonyl (C=O) groups is 2. The molecule has 0 unspecified atom stereocenters. The Labute approximate surface area is 136 Å². The molecule has 1 fully saturated rings. The molecular weight excluding hydrogens is 299 g/mol. The van der Waals surface area contributed by atoms with Gasteiger partial charge in [0.15, 0.2) is 0 Å². The fourth-order valence-electron chi connectivity index (χ4n) is 2.66. The Morgan fingerprint density at radius 3 is 2.43 bits per heavy atom. The molecule has 2 amide bonds. The summed E-state index contributed by atoms with van der Waals surface area (Å²) in [5, 5.41) is 0. The molecule has 0 atom stereocenters. The predicted molar refractivity (Wildman–Crippen MR) is 85.0 cm³/mol. The zero-order valence-electron chi connectivity index (χ0n) is 13.7. The van der Waals surface area contributed by atoms with Gasteiger partial charge in [-0.3, -0.25) is 9.59 Å². The van der Waals surface area contributed by atoms with E-state index in [1.807, 2.05) is 0 Å². The first-order valence-electron chi connectivity index (χ1n) is 7.97. The summed E-state index contributed by atoms with van der Waals surface area (Å²) >= 11 is 0. The van der Waals surface area contributed by atoms with Gasteiger partial charge in [-0.1, -0.05) is 13.3 Å². The maximum atomic E-state index is 13.4. The van der Waals surface area contributed by atoms with Crippen LogP contribution in [0.15, 0.2) is 18.2 Å². The molecule has 0 bridgehead atoms. The first kappa shape index (κ1) is 17.2. The lowest BCUT2D eigenvalue weighted by Crippen LogP contribution is -2.50. The van der Waals surface area contributed by atoms with Gasteiger partial charge in [0.05, 0.1) is 12.7 Å². The zero-order chi connectivity index (χ0) is 16.8. The number of carbonyl (C=O) groups excluding carboxylic acids is 2. The van der Waals surface area contributed by atoms with E-state index in [1.165, 1.54) is 25.3 Å². The largest absolute Gasteiger partial charge is 0.496 e. The second-order valence-electron chi connectivity index (χ2n) is 5.62. The molecule has 0 saturated carbocycles. The van der Waals surface area contributed by atoms with Crippen LogP contribution in [0.25, 0.3) is 0 Å². The van der Waals surface area contributed by atoms with Crippen LogP contribution in [-0.4, -0.2) is 54.9 Å². The molecule has 0 aliphatic carbocycles. The molecule has 2 rings (SSSR count). The van der Waals surface area contributed by atoms with Gasteiger partial charge in [0.2, 0.25) is 5.91 Å². The van der Waals surface area contributed by atoms with Crippen molar-refractivity contribution in [1.29, 1.82) is 0 Å². The van der Waals surface area contributed by atoms with Crippen molar-refractivity contribution in [1.82, 2.24) is 9.80 Å². The van der Waals surface area contributed by atoms with E-state index in [4.69, 9.17) is 4.74 Å². The van der Waals surface area contributed by atoms with Crippen molar-refractivity contribution in [3.63, 3.8) is 0 Å². The Balaban J connectivity index is 1.99. The molecule has 1 aliphatic heterocycles. The van der Waals surface area contributed by atoms with E-state index >= 15 is 0 Å². The Bertz CT molecular complexity index is 569. The van der Waals surface area contributed by atoms with E-state index in [1.54, 1.807) is 9.80 Å². The SMILES string of the molecule is CCCCC(=O)N1CCN(C(=O)c2cc(F)ccc2OC)CC1. The molecule has 0 aromatic heterocycles.